The number of carbonyl (C=O) groups is 1. The monoisotopic (exact) mass is 324 g/mol. The highest BCUT2D eigenvalue weighted by molar-refractivity contribution is 8.18. The van der Waals surface area contributed by atoms with Gasteiger partial charge in [0.25, 0.3) is 5.91 Å². The number of thioether (sulfide) groups is 1. The molecule has 0 unspecified atom stereocenters. The standard InChI is InChI=1S/C18H16N2O2S/c1-2-22-15-10-8-13(9-11-15)12-16-17(21)20-18(23-16)19-14-6-4-3-5-7-14/h3-12H,2H2,1H3,(H,19,20,21)/b16-12+. The van der Waals surface area contributed by atoms with Crippen LogP contribution in [-0.4, -0.2) is 17.7 Å². The van der Waals surface area contributed by atoms with E-state index in [9.17, 15) is 4.79 Å². The van der Waals surface area contributed by atoms with Gasteiger partial charge in [0.15, 0.2) is 5.17 Å². The third kappa shape index (κ3) is 4.02. The van der Waals surface area contributed by atoms with E-state index in [1.807, 2.05) is 67.6 Å². The molecular weight excluding hydrogens is 308 g/mol. The molecule has 1 heterocycles. The summed E-state index contributed by atoms with van der Waals surface area (Å²) in [5.41, 5.74) is 1.77. The van der Waals surface area contributed by atoms with Crippen LogP contribution < -0.4 is 10.1 Å². The molecule has 1 saturated heterocycles. The number of carbonyl (C=O) groups excluding carboxylic acids is 1. The van der Waals surface area contributed by atoms with E-state index < -0.39 is 0 Å². The Morgan fingerprint density at radius 2 is 1.87 bits per heavy atom. The van der Waals surface area contributed by atoms with Crippen molar-refractivity contribution in [2.75, 3.05) is 6.61 Å². The van der Waals surface area contributed by atoms with Gasteiger partial charge in [0.1, 0.15) is 5.75 Å². The lowest BCUT2D eigenvalue weighted by Crippen LogP contribution is -2.19. The fraction of sp³-hybridized carbons (Fsp3) is 0.111. The number of hydrogen-bond acceptors (Lipinski definition) is 4. The Balaban J connectivity index is 1.76. The van der Waals surface area contributed by atoms with Crippen LogP contribution in [0, 0.1) is 0 Å². The van der Waals surface area contributed by atoms with Gasteiger partial charge in [-0.1, -0.05) is 30.3 Å². The second kappa shape index (κ2) is 7.15. The van der Waals surface area contributed by atoms with Crippen LogP contribution in [0.25, 0.3) is 6.08 Å². The molecule has 2 aromatic carbocycles. The minimum Gasteiger partial charge on any atom is -0.494 e. The predicted molar refractivity (Wildman–Crippen MR) is 94.9 cm³/mol. The number of benzene rings is 2. The fourth-order valence-corrected chi connectivity index (χ4v) is 2.92. The van der Waals surface area contributed by atoms with Gasteiger partial charge in [-0.15, -0.1) is 0 Å². The maximum Gasteiger partial charge on any atom is 0.264 e. The molecular formula is C18H16N2O2S. The summed E-state index contributed by atoms with van der Waals surface area (Å²) in [5, 5.41) is 3.38. The number of aliphatic imine (C=N–C) groups is 1. The van der Waals surface area contributed by atoms with E-state index in [0.29, 0.717) is 16.7 Å². The van der Waals surface area contributed by atoms with Gasteiger partial charge in [-0.25, -0.2) is 4.99 Å². The van der Waals surface area contributed by atoms with Crippen molar-refractivity contribution < 1.29 is 9.53 Å². The van der Waals surface area contributed by atoms with Crippen LogP contribution in [0.5, 0.6) is 5.75 Å². The van der Waals surface area contributed by atoms with Gasteiger partial charge in [-0.3, -0.25) is 4.79 Å². The molecule has 1 N–H and O–H groups in total. The molecule has 1 fully saturated rings. The van der Waals surface area contributed by atoms with Crippen LogP contribution in [0.1, 0.15) is 12.5 Å². The van der Waals surface area contributed by atoms with Crippen LogP contribution >= 0.6 is 11.8 Å². The van der Waals surface area contributed by atoms with Crippen molar-refractivity contribution in [1.29, 1.82) is 0 Å². The predicted octanol–water partition coefficient (Wildman–Crippen LogP) is 3.98. The molecule has 2 aromatic rings. The molecule has 3 rings (SSSR count). The molecule has 0 spiro atoms. The van der Waals surface area contributed by atoms with Gasteiger partial charge in [0, 0.05) is 0 Å². The largest absolute Gasteiger partial charge is 0.494 e. The van der Waals surface area contributed by atoms with Crippen LogP contribution in [-0.2, 0) is 4.79 Å². The second-order valence-electron chi connectivity index (χ2n) is 4.82. The average Bonchev–Trinajstić information content (AvgIpc) is 2.90. The Labute approximate surface area is 139 Å². The third-order valence-corrected chi connectivity index (χ3v) is 4.04. The lowest BCUT2D eigenvalue weighted by molar-refractivity contribution is -0.115. The lowest BCUT2D eigenvalue weighted by atomic mass is 10.2. The first-order chi connectivity index (χ1) is 11.2. The van der Waals surface area contributed by atoms with Gasteiger partial charge in [-0.05, 0) is 54.6 Å². The van der Waals surface area contributed by atoms with Crippen molar-refractivity contribution >= 4 is 34.6 Å². The number of nitrogens with zero attached hydrogens (tertiary/aromatic N) is 1. The number of amides is 1. The number of amidine groups is 1. The van der Waals surface area contributed by atoms with E-state index in [4.69, 9.17) is 4.74 Å². The van der Waals surface area contributed by atoms with Gasteiger partial charge < -0.3 is 10.1 Å². The molecule has 0 aliphatic carbocycles. The van der Waals surface area contributed by atoms with E-state index in [2.05, 4.69) is 10.3 Å². The SMILES string of the molecule is CCOc1ccc(/C=C2/SC(=Nc3ccccc3)NC2=O)cc1. The van der Waals surface area contributed by atoms with E-state index in [1.54, 1.807) is 0 Å². The molecule has 1 aliphatic rings. The number of hydrogen-bond donors (Lipinski definition) is 1. The van der Waals surface area contributed by atoms with Crippen molar-refractivity contribution in [2.24, 2.45) is 4.99 Å². The van der Waals surface area contributed by atoms with Crippen molar-refractivity contribution in [1.82, 2.24) is 5.32 Å². The van der Waals surface area contributed by atoms with E-state index in [-0.39, 0.29) is 5.91 Å². The summed E-state index contributed by atoms with van der Waals surface area (Å²) in [6, 6.07) is 17.2. The summed E-state index contributed by atoms with van der Waals surface area (Å²) in [6.07, 6.45) is 1.85. The highest BCUT2D eigenvalue weighted by Crippen LogP contribution is 2.28. The van der Waals surface area contributed by atoms with E-state index >= 15 is 0 Å². The van der Waals surface area contributed by atoms with Crippen LogP contribution in [0.4, 0.5) is 5.69 Å². The molecule has 0 atom stereocenters. The zero-order valence-electron chi connectivity index (χ0n) is 12.7. The van der Waals surface area contributed by atoms with Crippen LogP contribution in [0.15, 0.2) is 64.5 Å². The zero-order valence-corrected chi connectivity index (χ0v) is 13.5. The molecule has 1 aliphatic heterocycles. The van der Waals surface area contributed by atoms with E-state index in [0.717, 1.165) is 17.0 Å². The summed E-state index contributed by atoms with van der Waals surface area (Å²) in [5.74, 6) is 0.697. The number of nitrogens with one attached hydrogen (secondary N) is 1. The maximum absolute atomic E-state index is 12.0. The molecule has 5 heteroatoms. The average molecular weight is 324 g/mol. The Hall–Kier alpha value is -2.53. The minimum atomic E-state index is -0.126. The van der Waals surface area contributed by atoms with Gasteiger partial charge >= 0.3 is 0 Å². The second-order valence-corrected chi connectivity index (χ2v) is 5.85. The Morgan fingerprint density at radius 3 is 2.57 bits per heavy atom. The van der Waals surface area contributed by atoms with Crippen molar-refractivity contribution in [3.63, 3.8) is 0 Å². The smallest absolute Gasteiger partial charge is 0.264 e. The van der Waals surface area contributed by atoms with Crippen LogP contribution in [0.3, 0.4) is 0 Å². The first-order valence-electron chi connectivity index (χ1n) is 7.32. The molecule has 1 amide bonds. The molecule has 4 nitrogen and oxygen atoms in total. The lowest BCUT2D eigenvalue weighted by Gasteiger charge is -2.02. The van der Waals surface area contributed by atoms with Gasteiger partial charge in [0.05, 0.1) is 17.2 Å². The minimum absolute atomic E-state index is 0.126. The topological polar surface area (TPSA) is 50.7 Å². The third-order valence-electron chi connectivity index (χ3n) is 3.13. The van der Waals surface area contributed by atoms with Crippen molar-refractivity contribution in [3.05, 3.63) is 65.1 Å². The number of para-hydroxylation sites is 1. The number of ether oxygens (including phenoxy) is 1. The zero-order chi connectivity index (χ0) is 16.1. The molecule has 0 bridgehead atoms. The molecule has 0 saturated carbocycles. The quantitative estimate of drug-likeness (QED) is 0.866. The summed E-state index contributed by atoms with van der Waals surface area (Å²) in [4.78, 5) is 17.1. The van der Waals surface area contributed by atoms with E-state index in [1.165, 1.54) is 11.8 Å². The first-order valence-corrected chi connectivity index (χ1v) is 8.14. The first kappa shape index (κ1) is 15.4. The highest BCUT2D eigenvalue weighted by atomic mass is 32.2. The summed E-state index contributed by atoms with van der Waals surface area (Å²) < 4.78 is 5.41. The Morgan fingerprint density at radius 1 is 1.13 bits per heavy atom. The molecule has 0 radical (unpaired) electrons. The van der Waals surface area contributed by atoms with Gasteiger partial charge in [0.2, 0.25) is 0 Å². The molecule has 0 aromatic heterocycles. The van der Waals surface area contributed by atoms with Crippen LogP contribution in [0.2, 0.25) is 0 Å². The van der Waals surface area contributed by atoms with Crippen molar-refractivity contribution in [2.45, 2.75) is 6.92 Å². The molecule has 116 valence electrons. The Bertz CT molecular complexity index is 752. The maximum atomic E-state index is 12.0. The van der Waals surface area contributed by atoms with Crippen molar-refractivity contribution in [3.8, 4) is 5.75 Å². The molecule has 23 heavy (non-hydrogen) atoms. The fourth-order valence-electron chi connectivity index (χ4n) is 2.08. The summed E-state index contributed by atoms with van der Waals surface area (Å²) in [6.45, 7) is 2.58. The Kier molecular flexibility index (Phi) is 4.78. The summed E-state index contributed by atoms with van der Waals surface area (Å²) >= 11 is 1.34. The normalized spacial score (nSPS) is 17.5. The number of rotatable bonds is 4. The highest BCUT2D eigenvalue weighted by Gasteiger charge is 2.23. The summed E-state index contributed by atoms with van der Waals surface area (Å²) in [7, 11) is 0. The van der Waals surface area contributed by atoms with Gasteiger partial charge in [-0.2, -0.15) is 0 Å².